The molecule has 2 rings (SSSR count). The van der Waals surface area contributed by atoms with Crippen molar-refractivity contribution in [2.75, 3.05) is 5.73 Å². The average Bonchev–Trinajstić information content (AvgIpc) is 2.80. The number of H-pyrrole nitrogens is 1. The second-order valence-corrected chi connectivity index (χ2v) is 3.91. The van der Waals surface area contributed by atoms with Gasteiger partial charge in [0.25, 0.3) is 11.8 Å². The standard InChI is InChI=1S/C12H12N4O3/c1-6-2-3-7(4-8(6)13)12(18)19-11-9(10(14)17)15-5-16-11/h2-5H,13H2,1H3,(H2,14,17)(H,15,16). The number of nitrogens with two attached hydrogens (primary N) is 2. The fourth-order valence-corrected chi connectivity index (χ4v) is 1.45. The van der Waals surface area contributed by atoms with Crippen LogP contribution in [0, 0.1) is 6.92 Å². The molecular weight excluding hydrogens is 248 g/mol. The van der Waals surface area contributed by atoms with Crippen LogP contribution in [0.4, 0.5) is 5.69 Å². The molecule has 19 heavy (non-hydrogen) atoms. The predicted molar refractivity (Wildman–Crippen MR) is 67.7 cm³/mol. The van der Waals surface area contributed by atoms with Crippen molar-refractivity contribution in [2.24, 2.45) is 5.73 Å². The predicted octanol–water partition coefficient (Wildman–Crippen LogP) is 0.618. The van der Waals surface area contributed by atoms with Gasteiger partial charge in [0.2, 0.25) is 0 Å². The Morgan fingerprint density at radius 3 is 2.74 bits per heavy atom. The first-order valence-electron chi connectivity index (χ1n) is 5.40. The lowest BCUT2D eigenvalue weighted by molar-refractivity contribution is 0.0726. The minimum absolute atomic E-state index is 0.0616. The Hall–Kier alpha value is -2.83. The number of benzene rings is 1. The number of amides is 1. The van der Waals surface area contributed by atoms with Crippen molar-refractivity contribution in [2.45, 2.75) is 6.92 Å². The Labute approximate surface area is 108 Å². The summed E-state index contributed by atoms with van der Waals surface area (Å²) in [5.74, 6) is -1.58. The van der Waals surface area contributed by atoms with E-state index >= 15 is 0 Å². The molecule has 1 heterocycles. The normalized spacial score (nSPS) is 10.2. The van der Waals surface area contributed by atoms with Crippen molar-refractivity contribution >= 4 is 17.6 Å². The first kappa shape index (κ1) is 12.6. The van der Waals surface area contributed by atoms with E-state index in [1.807, 2.05) is 6.92 Å². The highest BCUT2D eigenvalue weighted by molar-refractivity contribution is 5.96. The number of carbonyl (C=O) groups excluding carboxylic acids is 2. The zero-order valence-electron chi connectivity index (χ0n) is 10.1. The summed E-state index contributed by atoms with van der Waals surface area (Å²) in [6.45, 7) is 1.82. The lowest BCUT2D eigenvalue weighted by Gasteiger charge is -2.05. The van der Waals surface area contributed by atoms with Gasteiger partial charge in [-0.25, -0.2) is 9.78 Å². The molecule has 1 aromatic heterocycles. The molecule has 0 bridgehead atoms. The molecule has 0 aliphatic heterocycles. The third-order valence-electron chi connectivity index (χ3n) is 2.56. The molecule has 2 aromatic rings. The van der Waals surface area contributed by atoms with Crippen LogP contribution in [-0.4, -0.2) is 21.8 Å². The zero-order chi connectivity index (χ0) is 14.0. The van der Waals surface area contributed by atoms with E-state index in [1.165, 1.54) is 12.4 Å². The van der Waals surface area contributed by atoms with Crippen LogP contribution in [-0.2, 0) is 0 Å². The first-order chi connectivity index (χ1) is 8.99. The molecule has 7 nitrogen and oxygen atoms in total. The van der Waals surface area contributed by atoms with Gasteiger partial charge in [0.15, 0.2) is 5.69 Å². The lowest BCUT2D eigenvalue weighted by atomic mass is 10.1. The molecule has 5 N–H and O–H groups in total. The lowest BCUT2D eigenvalue weighted by Crippen LogP contribution is -2.16. The highest BCUT2D eigenvalue weighted by Gasteiger charge is 2.17. The first-order valence-corrected chi connectivity index (χ1v) is 5.40. The Morgan fingerprint density at radius 1 is 1.37 bits per heavy atom. The number of nitrogen functional groups attached to an aromatic ring is 1. The molecule has 0 radical (unpaired) electrons. The SMILES string of the molecule is Cc1ccc(C(=O)Oc2nc[nH]c2C(N)=O)cc1N. The zero-order valence-corrected chi connectivity index (χ0v) is 10.1. The Kier molecular flexibility index (Phi) is 3.19. The van der Waals surface area contributed by atoms with Crippen LogP contribution in [0.2, 0.25) is 0 Å². The number of esters is 1. The molecule has 0 saturated carbocycles. The number of nitrogens with zero attached hydrogens (tertiary/aromatic N) is 1. The van der Waals surface area contributed by atoms with E-state index in [-0.39, 0.29) is 17.1 Å². The Bertz CT molecular complexity index is 648. The van der Waals surface area contributed by atoms with Crippen LogP contribution < -0.4 is 16.2 Å². The van der Waals surface area contributed by atoms with Crippen molar-refractivity contribution in [3.05, 3.63) is 41.3 Å². The van der Waals surface area contributed by atoms with Gasteiger partial charge >= 0.3 is 5.97 Å². The molecule has 0 spiro atoms. The molecule has 1 aromatic carbocycles. The maximum Gasteiger partial charge on any atom is 0.345 e. The van der Waals surface area contributed by atoms with Crippen molar-refractivity contribution in [1.82, 2.24) is 9.97 Å². The summed E-state index contributed by atoms with van der Waals surface area (Å²) in [5.41, 5.74) is 12.3. The minimum Gasteiger partial charge on any atom is -0.401 e. The molecular formula is C12H12N4O3. The van der Waals surface area contributed by atoms with E-state index in [0.29, 0.717) is 5.69 Å². The van der Waals surface area contributed by atoms with E-state index in [0.717, 1.165) is 5.56 Å². The van der Waals surface area contributed by atoms with Crippen LogP contribution in [0.25, 0.3) is 0 Å². The number of aryl methyl sites for hydroxylation is 1. The number of ether oxygens (including phenoxy) is 1. The summed E-state index contributed by atoms with van der Waals surface area (Å²) in [4.78, 5) is 29.1. The van der Waals surface area contributed by atoms with E-state index < -0.39 is 11.9 Å². The fourth-order valence-electron chi connectivity index (χ4n) is 1.45. The average molecular weight is 260 g/mol. The van der Waals surface area contributed by atoms with Crippen LogP contribution in [0.15, 0.2) is 24.5 Å². The van der Waals surface area contributed by atoms with E-state index in [1.54, 1.807) is 12.1 Å². The number of primary amides is 1. The number of nitrogens with one attached hydrogen (secondary N) is 1. The Morgan fingerprint density at radius 2 is 2.11 bits per heavy atom. The van der Waals surface area contributed by atoms with Gasteiger partial charge in [-0.3, -0.25) is 4.79 Å². The third kappa shape index (κ3) is 2.54. The second kappa shape index (κ2) is 4.81. The number of aromatic nitrogens is 2. The Balaban J connectivity index is 2.23. The summed E-state index contributed by atoms with van der Waals surface area (Å²) in [6.07, 6.45) is 1.21. The van der Waals surface area contributed by atoms with Gasteiger partial charge in [-0.15, -0.1) is 0 Å². The van der Waals surface area contributed by atoms with Crippen molar-refractivity contribution in [3.63, 3.8) is 0 Å². The third-order valence-corrected chi connectivity index (χ3v) is 2.56. The minimum atomic E-state index is -0.760. The van der Waals surface area contributed by atoms with Crippen LogP contribution in [0.3, 0.4) is 0 Å². The maximum absolute atomic E-state index is 11.9. The molecule has 1 amide bonds. The second-order valence-electron chi connectivity index (χ2n) is 3.91. The number of carbonyl (C=O) groups is 2. The number of rotatable bonds is 3. The van der Waals surface area contributed by atoms with Crippen molar-refractivity contribution in [3.8, 4) is 5.88 Å². The van der Waals surface area contributed by atoms with Gasteiger partial charge in [-0.05, 0) is 24.6 Å². The van der Waals surface area contributed by atoms with Crippen LogP contribution >= 0.6 is 0 Å². The largest absolute Gasteiger partial charge is 0.401 e. The van der Waals surface area contributed by atoms with E-state index in [4.69, 9.17) is 16.2 Å². The van der Waals surface area contributed by atoms with Gasteiger partial charge in [-0.2, -0.15) is 0 Å². The van der Waals surface area contributed by atoms with E-state index in [9.17, 15) is 9.59 Å². The number of aromatic amines is 1. The van der Waals surface area contributed by atoms with Crippen molar-refractivity contribution < 1.29 is 14.3 Å². The van der Waals surface area contributed by atoms with E-state index in [2.05, 4.69) is 9.97 Å². The van der Waals surface area contributed by atoms with Gasteiger partial charge in [0.05, 0.1) is 11.9 Å². The summed E-state index contributed by atoms with van der Waals surface area (Å²) in [5, 5.41) is 0. The van der Waals surface area contributed by atoms with Crippen LogP contribution in [0.1, 0.15) is 26.4 Å². The molecule has 0 atom stereocenters. The van der Waals surface area contributed by atoms with Gasteiger partial charge < -0.3 is 21.2 Å². The summed E-state index contributed by atoms with van der Waals surface area (Å²) in [6, 6.07) is 4.77. The quantitative estimate of drug-likeness (QED) is 0.551. The van der Waals surface area contributed by atoms with Crippen LogP contribution in [0.5, 0.6) is 5.88 Å². The number of anilines is 1. The highest BCUT2D eigenvalue weighted by Crippen LogP contribution is 2.17. The van der Waals surface area contributed by atoms with Gasteiger partial charge in [0.1, 0.15) is 0 Å². The summed E-state index contributed by atoms with van der Waals surface area (Å²) >= 11 is 0. The topological polar surface area (TPSA) is 124 Å². The van der Waals surface area contributed by atoms with Crippen molar-refractivity contribution in [1.29, 1.82) is 0 Å². The molecule has 7 heteroatoms. The molecule has 0 aliphatic rings. The number of hydrogen-bond donors (Lipinski definition) is 3. The molecule has 98 valence electrons. The molecule has 0 unspecified atom stereocenters. The molecule has 0 saturated heterocycles. The maximum atomic E-state index is 11.9. The van der Waals surface area contributed by atoms with Gasteiger partial charge in [-0.1, -0.05) is 6.07 Å². The molecule has 0 fully saturated rings. The number of imidazole rings is 1. The number of hydrogen-bond acceptors (Lipinski definition) is 5. The smallest absolute Gasteiger partial charge is 0.345 e. The van der Waals surface area contributed by atoms with Gasteiger partial charge in [0, 0.05) is 5.69 Å². The highest BCUT2D eigenvalue weighted by atomic mass is 16.5. The molecule has 0 aliphatic carbocycles. The summed E-state index contributed by atoms with van der Waals surface area (Å²) < 4.78 is 4.99. The monoisotopic (exact) mass is 260 g/mol. The fraction of sp³-hybridized carbons (Fsp3) is 0.0833. The summed E-state index contributed by atoms with van der Waals surface area (Å²) in [7, 11) is 0.